The Kier molecular flexibility index (Phi) is 6.47. The topological polar surface area (TPSA) is 85.9 Å². The van der Waals surface area contributed by atoms with E-state index in [1.807, 2.05) is 43.3 Å². The third-order valence-electron chi connectivity index (χ3n) is 3.39. The van der Waals surface area contributed by atoms with Crippen LogP contribution in [0.3, 0.4) is 0 Å². The van der Waals surface area contributed by atoms with Crippen LogP contribution in [-0.2, 0) is 11.3 Å². The van der Waals surface area contributed by atoms with Crippen molar-refractivity contribution in [3.63, 3.8) is 0 Å². The van der Waals surface area contributed by atoms with Gasteiger partial charge in [-0.25, -0.2) is 4.79 Å². The van der Waals surface area contributed by atoms with E-state index in [9.17, 15) is 4.79 Å². The molecule has 0 aliphatic heterocycles. The molecule has 3 N–H and O–H groups in total. The van der Waals surface area contributed by atoms with Gasteiger partial charge in [0.2, 0.25) is 0 Å². The van der Waals surface area contributed by atoms with E-state index in [4.69, 9.17) is 22.7 Å². The highest BCUT2D eigenvalue weighted by Gasteiger charge is 2.05. The molecule has 0 unspecified atom stereocenters. The van der Waals surface area contributed by atoms with Crippen molar-refractivity contribution in [1.29, 1.82) is 0 Å². The Hall–Kier alpha value is -2.93. The average molecular weight is 357 g/mol. The number of carbonyl (C=O) groups excluding carboxylic acids is 1. The molecule has 0 saturated carbocycles. The van der Waals surface area contributed by atoms with Gasteiger partial charge in [0.15, 0.2) is 5.11 Å². The number of ether oxygens (including phenoxy) is 2. The molecular weight excluding hydrogens is 338 g/mol. The van der Waals surface area contributed by atoms with Crippen LogP contribution in [0.4, 0.5) is 0 Å². The van der Waals surface area contributed by atoms with Gasteiger partial charge in [0.1, 0.15) is 12.4 Å². The highest BCUT2D eigenvalue weighted by atomic mass is 32.1. The van der Waals surface area contributed by atoms with Crippen molar-refractivity contribution in [2.75, 3.05) is 7.11 Å². The minimum absolute atomic E-state index is 0.123. The molecular formula is C18H19N3O3S. The molecule has 2 aromatic rings. The van der Waals surface area contributed by atoms with E-state index >= 15 is 0 Å². The van der Waals surface area contributed by atoms with Gasteiger partial charge < -0.3 is 15.2 Å². The minimum Gasteiger partial charge on any atom is -0.489 e. The van der Waals surface area contributed by atoms with Gasteiger partial charge in [0.25, 0.3) is 0 Å². The van der Waals surface area contributed by atoms with E-state index in [1.165, 1.54) is 7.11 Å². The summed E-state index contributed by atoms with van der Waals surface area (Å²) in [7, 11) is 1.36. The molecule has 2 rings (SSSR count). The number of hydrogen-bond acceptors (Lipinski definition) is 5. The van der Waals surface area contributed by atoms with E-state index in [2.05, 4.69) is 15.3 Å². The SMILES string of the molecule is COC(=O)c1ccc(COc2ccc(/C(C)=N/NC(N)=S)cc2)cc1. The first kappa shape index (κ1) is 18.4. The predicted molar refractivity (Wildman–Crippen MR) is 101 cm³/mol. The van der Waals surface area contributed by atoms with Crippen molar-refractivity contribution in [1.82, 2.24) is 5.43 Å². The quantitative estimate of drug-likeness (QED) is 0.358. The van der Waals surface area contributed by atoms with Crippen molar-refractivity contribution >= 4 is 29.0 Å². The molecule has 7 heteroatoms. The van der Waals surface area contributed by atoms with E-state index in [0.717, 1.165) is 22.6 Å². The van der Waals surface area contributed by atoms with Crippen molar-refractivity contribution < 1.29 is 14.3 Å². The number of nitrogens with one attached hydrogen (secondary N) is 1. The monoisotopic (exact) mass is 357 g/mol. The summed E-state index contributed by atoms with van der Waals surface area (Å²) in [5.41, 5.74) is 11.0. The predicted octanol–water partition coefficient (Wildman–Crippen LogP) is 2.61. The molecule has 2 aromatic carbocycles. The normalized spacial score (nSPS) is 10.9. The van der Waals surface area contributed by atoms with E-state index < -0.39 is 0 Å². The second-order valence-corrected chi connectivity index (χ2v) is 5.61. The minimum atomic E-state index is -0.357. The Morgan fingerprint density at radius 1 is 1.12 bits per heavy atom. The first-order chi connectivity index (χ1) is 12.0. The van der Waals surface area contributed by atoms with Crippen LogP contribution in [0.25, 0.3) is 0 Å². The number of nitrogens with zero attached hydrogens (tertiary/aromatic N) is 1. The fraction of sp³-hybridized carbons (Fsp3) is 0.167. The summed E-state index contributed by atoms with van der Waals surface area (Å²) in [6.07, 6.45) is 0. The molecule has 0 amide bonds. The van der Waals surface area contributed by atoms with Crippen molar-refractivity contribution in [2.24, 2.45) is 10.8 Å². The fourth-order valence-electron chi connectivity index (χ4n) is 2.02. The van der Waals surface area contributed by atoms with Crippen molar-refractivity contribution in [2.45, 2.75) is 13.5 Å². The van der Waals surface area contributed by atoms with Crippen LogP contribution in [0.15, 0.2) is 53.6 Å². The zero-order valence-electron chi connectivity index (χ0n) is 14.0. The molecule has 130 valence electrons. The maximum atomic E-state index is 11.4. The number of esters is 1. The smallest absolute Gasteiger partial charge is 0.337 e. The van der Waals surface area contributed by atoms with Gasteiger partial charge in [0, 0.05) is 0 Å². The molecule has 0 saturated heterocycles. The Labute approximate surface area is 151 Å². The van der Waals surface area contributed by atoms with Crippen LogP contribution < -0.4 is 15.9 Å². The van der Waals surface area contributed by atoms with Crippen LogP contribution >= 0.6 is 12.2 Å². The molecule has 25 heavy (non-hydrogen) atoms. The summed E-state index contributed by atoms with van der Waals surface area (Å²) < 4.78 is 10.4. The lowest BCUT2D eigenvalue weighted by Gasteiger charge is -2.08. The number of nitrogens with two attached hydrogens (primary N) is 1. The molecule has 0 aromatic heterocycles. The lowest BCUT2D eigenvalue weighted by Crippen LogP contribution is -2.25. The van der Waals surface area contributed by atoms with E-state index in [1.54, 1.807) is 12.1 Å². The summed E-state index contributed by atoms with van der Waals surface area (Å²) in [6.45, 7) is 2.25. The lowest BCUT2D eigenvalue weighted by atomic mass is 10.1. The van der Waals surface area contributed by atoms with Gasteiger partial charge in [-0.05, 0) is 66.7 Å². The van der Waals surface area contributed by atoms with Crippen LogP contribution in [0, 0.1) is 0 Å². The molecule has 0 aliphatic carbocycles. The van der Waals surface area contributed by atoms with E-state index in [-0.39, 0.29) is 11.1 Å². The Balaban J connectivity index is 1.94. The molecule has 0 spiro atoms. The standard InChI is InChI=1S/C18H19N3O3S/c1-12(20-21-18(19)25)14-7-9-16(10-8-14)24-11-13-3-5-15(6-4-13)17(22)23-2/h3-10H,11H2,1-2H3,(H3,19,21,25)/b20-12+. The molecule has 6 nitrogen and oxygen atoms in total. The Bertz CT molecular complexity index is 771. The van der Waals surface area contributed by atoms with Crippen LogP contribution in [0.5, 0.6) is 5.75 Å². The zero-order chi connectivity index (χ0) is 18.2. The Morgan fingerprint density at radius 2 is 1.72 bits per heavy atom. The van der Waals surface area contributed by atoms with Crippen molar-refractivity contribution in [3.8, 4) is 5.75 Å². The Morgan fingerprint density at radius 3 is 2.28 bits per heavy atom. The zero-order valence-corrected chi connectivity index (χ0v) is 14.8. The van der Waals surface area contributed by atoms with Gasteiger partial charge in [0.05, 0.1) is 18.4 Å². The van der Waals surface area contributed by atoms with Gasteiger partial charge in [-0.15, -0.1) is 0 Å². The molecule has 0 heterocycles. The molecule has 0 atom stereocenters. The number of methoxy groups -OCH3 is 1. The lowest BCUT2D eigenvalue weighted by molar-refractivity contribution is 0.0600. The summed E-state index contributed by atoms with van der Waals surface area (Å²) in [6, 6.07) is 14.6. The van der Waals surface area contributed by atoms with Gasteiger partial charge in [-0.3, -0.25) is 5.43 Å². The van der Waals surface area contributed by atoms with Gasteiger partial charge in [-0.2, -0.15) is 5.10 Å². The second-order valence-electron chi connectivity index (χ2n) is 5.17. The summed E-state index contributed by atoms with van der Waals surface area (Å²) >= 11 is 4.71. The van der Waals surface area contributed by atoms with Gasteiger partial charge >= 0.3 is 5.97 Å². The third-order valence-corrected chi connectivity index (χ3v) is 3.48. The van der Waals surface area contributed by atoms with Crippen LogP contribution in [0.1, 0.15) is 28.4 Å². The molecule has 0 bridgehead atoms. The number of hydrogen-bond donors (Lipinski definition) is 2. The summed E-state index contributed by atoms with van der Waals surface area (Å²) in [4.78, 5) is 11.4. The highest BCUT2D eigenvalue weighted by molar-refractivity contribution is 7.80. The number of benzene rings is 2. The largest absolute Gasteiger partial charge is 0.489 e. The van der Waals surface area contributed by atoms with Crippen LogP contribution in [0.2, 0.25) is 0 Å². The first-order valence-corrected chi connectivity index (χ1v) is 7.90. The van der Waals surface area contributed by atoms with Gasteiger partial charge in [-0.1, -0.05) is 12.1 Å². The van der Waals surface area contributed by atoms with Crippen molar-refractivity contribution in [3.05, 3.63) is 65.2 Å². The third kappa shape index (κ3) is 5.58. The number of rotatable bonds is 6. The summed E-state index contributed by atoms with van der Waals surface area (Å²) in [5.74, 6) is 0.376. The number of carbonyl (C=O) groups is 1. The fourth-order valence-corrected chi connectivity index (χ4v) is 2.06. The maximum Gasteiger partial charge on any atom is 0.337 e. The highest BCUT2D eigenvalue weighted by Crippen LogP contribution is 2.15. The number of hydrazone groups is 1. The number of thiocarbonyl (C=S) groups is 1. The average Bonchev–Trinajstić information content (AvgIpc) is 2.64. The summed E-state index contributed by atoms with van der Waals surface area (Å²) in [5, 5.41) is 4.19. The second kappa shape index (κ2) is 8.79. The van der Waals surface area contributed by atoms with Crippen LogP contribution in [-0.4, -0.2) is 23.9 Å². The van der Waals surface area contributed by atoms with E-state index in [0.29, 0.717) is 12.2 Å². The molecule has 0 aliphatic rings. The molecule has 0 radical (unpaired) electrons. The first-order valence-electron chi connectivity index (χ1n) is 7.50. The molecule has 0 fully saturated rings. The maximum absolute atomic E-state index is 11.4.